The summed E-state index contributed by atoms with van der Waals surface area (Å²) >= 11 is 0.575. The third-order valence-corrected chi connectivity index (χ3v) is 3.43. The largest absolute Gasteiger partial charge is 0.381 e. The first-order valence-corrected chi connectivity index (χ1v) is 6.09. The topological polar surface area (TPSA) is 38.0 Å². The zero-order valence-corrected chi connectivity index (χ0v) is 9.51. The van der Waals surface area contributed by atoms with E-state index < -0.39 is 5.76 Å². The van der Waals surface area contributed by atoms with E-state index in [0.29, 0.717) is 22.7 Å². The van der Waals surface area contributed by atoms with Crippen LogP contribution in [0.25, 0.3) is 0 Å². The Morgan fingerprint density at radius 1 is 1.31 bits per heavy atom. The number of hydrogen-bond acceptors (Lipinski definition) is 3. The molecule has 1 aliphatic carbocycles. The van der Waals surface area contributed by atoms with E-state index in [0.717, 1.165) is 18.5 Å². The van der Waals surface area contributed by atoms with E-state index in [1.165, 1.54) is 0 Å². The van der Waals surface area contributed by atoms with Gasteiger partial charge in [-0.1, -0.05) is 23.9 Å². The minimum absolute atomic E-state index is 0.257. The fraction of sp³-hybridized carbons (Fsp3) is 0.455. The van der Waals surface area contributed by atoms with Gasteiger partial charge in [-0.05, 0) is 25.0 Å². The highest BCUT2D eigenvalue weighted by Gasteiger charge is 2.26. The molecule has 1 aliphatic rings. The Hall–Kier alpha value is -0.810. The summed E-state index contributed by atoms with van der Waals surface area (Å²) < 4.78 is 24.6. The first kappa shape index (κ1) is 11.7. The van der Waals surface area contributed by atoms with Crippen molar-refractivity contribution in [2.45, 2.75) is 35.6 Å². The van der Waals surface area contributed by atoms with Gasteiger partial charge in [-0.15, -0.1) is 0 Å². The molecule has 0 heterocycles. The average Bonchev–Trinajstić information content (AvgIpc) is 2.17. The predicted molar refractivity (Wildman–Crippen MR) is 62.9 cm³/mol. The lowest BCUT2D eigenvalue weighted by atomic mass is 9.87. The second-order valence-corrected chi connectivity index (χ2v) is 4.98. The first-order chi connectivity index (χ1) is 7.65. The van der Waals surface area contributed by atoms with Crippen LogP contribution in [0.15, 0.2) is 29.2 Å². The molecular formula is C11H14F2N2S. The molecule has 2 rings (SSSR count). The summed E-state index contributed by atoms with van der Waals surface area (Å²) in [6.45, 7) is 0. The van der Waals surface area contributed by atoms with Crippen LogP contribution in [0.4, 0.5) is 14.5 Å². The molecule has 0 amide bonds. The maximum Gasteiger partial charge on any atom is 0.288 e. The van der Waals surface area contributed by atoms with Crippen molar-refractivity contribution < 1.29 is 8.78 Å². The Labute approximate surface area is 97.6 Å². The molecule has 88 valence electrons. The molecule has 0 atom stereocenters. The SMILES string of the molecule is NC1CC(Nc2ccccc2SC(F)F)C1. The van der Waals surface area contributed by atoms with E-state index in [4.69, 9.17) is 5.73 Å². The Balaban J connectivity index is 2.01. The number of rotatable bonds is 4. The van der Waals surface area contributed by atoms with Crippen molar-refractivity contribution in [3.63, 3.8) is 0 Å². The molecule has 0 saturated heterocycles. The van der Waals surface area contributed by atoms with E-state index in [-0.39, 0.29) is 6.04 Å². The Kier molecular flexibility index (Phi) is 3.66. The summed E-state index contributed by atoms with van der Waals surface area (Å²) in [7, 11) is 0. The van der Waals surface area contributed by atoms with Gasteiger partial charge in [-0.2, -0.15) is 8.78 Å². The molecule has 0 aliphatic heterocycles. The molecule has 0 bridgehead atoms. The minimum Gasteiger partial charge on any atom is -0.381 e. The van der Waals surface area contributed by atoms with Crippen molar-refractivity contribution in [3.05, 3.63) is 24.3 Å². The highest BCUT2D eigenvalue weighted by atomic mass is 32.2. The number of hydrogen-bond donors (Lipinski definition) is 2. The number of benzene rings is 1. The third-order valence-electron chi connectivity index (χ3n) is 2.64. The fourth-order valence-corrected chi connectivity index (χ4v) is 2.39. The molecule has 16 heavy (non-hydrogen) atoms. The van der Waals surface area contributed by atoms with Gasteiger partial charge in [0.25, 0.3) is 5.76 Å². The smallest absolute Gasteiger partial charge is 0.288 e. The van der Waals surface area contributed by atoms with E-state index >= 15 is 0 Å². The molecule has 3 N–H and O–H groups in total. The van der Waals surface area contributed by atoms with E-state index in [1.807, 2.05) is 12.1 Å². The first-order valence-electron chi connectivity index (χ1n) is 5.21. The van der Waals surface area contributed by atoms with Gasteiger partial charge in [0.15, 0.2) is 0 Å². The molecular weight excluding hydrogens is 230 g/mol. The zero-order chi connectivity index (χ0) is 11.5. The summed E-state index contributed by atoms with van der Waals surface area (Å²) in [4.78, 5) is 0.595. The van der Waals surface area contributed by atoms with Crippen LogP contribution in [-0.4, -0.2) is 17.8 Å². The van der Waals surface area contributed by atoms with Crippen LogP contribution >= 0.6 is 11.8 Å². The van der Waals surface area contributed by atoms with Gasteiger partial charge >= 0.3 is 0 Å². The summed E-state index contributed by atoms with van der Waals surface area (Å²) in [5.74, 6) is -2.38. The highest BCUT2D eigenvalue weighted by Crippen LogP contribution is 2.33. The maximum atomic E-state index is 12.3. The standard InChI is InChI=1S/C11H14F2N2S/c12-11(13)16-10-4-2-1-3-9(10)15-8-5-7(14)6-8/h1-4,7-8,11,15H,5-6,14H2. The number of alkyl halides is 2. The van der Waals surface area contributed by atoms with Gasteiger partial charge in [0.2, 0.25) is 0 Å². The third kappa shape index (κ3) is 2.86. The molecule has 0 spiro atoms. The molecule has 1 aromatic rings. The monoisotopic (exact) mass is 244 g/mol. The van der Waals surface area contributed by atoms with Crippen LogP contribution in [0, 0.1) is 0 Å². The van der Waals surface area contributed by atoms with Crippen LogP contribution in [0.5, 0.6) is 0 Å². The van der Waals surface area contributed by atoms with Crippen LogP contribution in [-0.2, 0) is 0 Å². The number of halogens is 2. The second kappa shape index (κ2) is 5.01. The highest BCUT2D eigenvalue weighted by molar-refractivity contribution is 7.99. The molecule has 1 aromatic carbocycles. The van der Waals surface area contributed by atoms with Gasteiger partial charge in [0.1, 0.15) is 0 Å². The molecule has 1 saturated carbocycles. The van der Waals surface area contributed by atoms with E-state index in [9.17, 15) is 8.78 Å². The number of nitrogens with two attached hydrogens (primary N) is 1. The average molecular weight is 244 g/mol. The summed E-state index contributed by atoms with van der Waals surface area (Å²) in [5.41, 5.74) is 6.46. The molecule has 5 heteroatoms. The van der Waals surface area contributed by atoms with Crippen molar-refractivity contribution in [1.82, 2.24) is 0 Å². The van der Waals surface area contributed by atoms with Gasteiger partial charge in [0.05, 0.1) is 0 Å². The summed E-state index contributed by atoms with van der Waals surface area (Å²) in [6.07, 6.45) is 1.82. The van der Waals surface area contributed by atoms with Gasteiger partial charge in [0, 0.05) is 22.7 Å². The lowest BCUT2D eigenvalue weighted by Crippen LogP contribution is -2.44. The zero-order valence-electron chi connectivity index (χ0n) is 8.70. The Bertz CT molecular complexity index is 354. The number of thioether (sulfide) groups is 1. The molecule has 2 nitrogen and oxygen atoms in total. The second-order valence-electron chi connectivity index (χ2n) is 3.95. The Morgan fingerprint density at radius 2 is 2.00 bits per heavy atom. The molecule has 1 fully saturated rings. The Morgan fingerprint density at radius 3 is 2.62 bits per heavy atom. The summed E-state index contributed by atoms with van der Waals surface area (Å²) in [6, 6.07) is 7.73. The number of para-hydroxylation sites is 1. The minimum atomic E-state index is -2.38. The van der Waals surface area contributed by atoms with Crippen LogP contribution in [0.1, 0.15) is 12.8 Å². The quantitative estimate of drug-likeness (QED) is 0.800. The van der Waals surface area contributed by atoms with E-state index in [2.05, 4.69) is 5.32 Å². The van der Waals surface area contributed by atoms with Crippen molar-refractivity contribution in [3.8, 4) is 0 Å². The van der Waals surface area contributed by atoms with Crippen LogP contribution < -0.4 is 11.1 Å². The van der Waals surface area contributed by atoms with Crippen molar-refractivity contribution in [1.29, 1.82) is 0 Å². The molecule has 0 aromatic heterocycles. The number of anilines is 1. The van der Waals surface area contributed by atoms with Crippen LogP contribution in [0.2, 0.25) is 0 Å². The van der Waals surface area contributed by atoms with Crippen LogP contribution in [0.3, 0.4) is 0 Å². The van der Waals surface area contributed by atoms with Gasteiger partial charge in [-0.3, -0.25) is 0 Å². The molecule has 0 unspecified atom stereocenters. The summed E-state index contributed by atoms with van der Waals surface area (Å²) in [5, 5.41) is 3.25. The van der Waals surface area contributed by atoms with Crippen molar-refractivity contribution >= 4 is 17.4 Å². The van der Waals surface area contributed by atoms with Crippen molar-refractivity contribution in [2.24, 2.45) is 5.73 Å². The predicted octanol–water partition coefficient (Wildman–Crippen LogP) is 2.90. The fourth-order valence-electron chi connectivity index (χ4n) is 1.78. The molecule has 0 radical (unpaired) electrons. The van der Waals surface area contributed by atoms with E-state index in [1.54, 1.807) is 12.1 Å². The normalized spacial score (nSPS) is 24.2. The lowest BCUT2D eigenvalue weighted by Gasteiger charge is -2.34. The van der Waals surface area contributed by atoms with Crippen molar-refractivity contribution in [2.75, 3.05) is 5.32 Å². The van der Waals surface area contributed by atoms with Gasteiger partial charge < -0.3 is 11.1 Å². The number of nitrogens with one attached hydrogen (secondary N) is 1. The maximum absolute atomic E-state index is 12.3. The van der Waals surface area contributed by atoms with Gasteiger partial charge in [-0.25, -0.2) is 0 Å². The lowest BCUT2D eigenvalue weighted by molar-refractivity contribution is 0.252.